The first-order valence-corrected chi connectivity index (χ1v) is 11.2. The van der Waals surface area contributed by atoms with Gasteiger partial charge in [-0.1, -0.05) is 11.6 Å². The zero-order valence-electron chi connectivity index (χ0n) is 15.8. The van der Waals surface area contributed by atoms with E-state index >= 15 is 0 Å². The second kappa shape index (κ2) is 11.8. The van der Waals surface area contributed by atoms with Gasteiger partial charge in [0.15, 0.2) is 9.84 Å². The highest BCUT2D eigenvalue weighted by molar-refractivity contribution is 7.91. The summed E-state index contributed by atoms with van der Waals surface area (Å²) >= 11 is 5.83. The Balaban J connectivity index is 1.72. The van der Waals surface area contributed by atoms with Gasteiger partial charge in [0, 0.05) is 24.7 Å². The highest BCUT2D eigenvalue weighted by Gasteiger charge is 2.14. The van der Waals surface area contributed by atoms with Gasteiger partial charge in [0.2, 0.25) is 5.91 Å². The van der Waals surface area contributed by atoms with Crippen LogP contribution in [-0.2, 0) is 19.4 Å². The first-order chi connectivity index (χ1) is 13.9. The Morgan fingerprint density at radius 3 is 2.14 bits per heavy atom. The number of unbranched alkanes of at least 4 members (excludes halogenated alkanes) is 1. The van der Waals surface area contributed by atoms with E-state index < -0.39 is 15.7 Å². The number of sulfone groups is 1. The number of hydrogen-bond acceptors (Lipinski definition) is 6. The average molecular weight is 442 g/mol. The van der Waals surface area contributed by atoms with Crippen molar-refractivity contribution in [3.63, 3.8) is 0 Å². The number of carbonyl (C=O) groups is 1. The van der Waals surface area contributed by atoms with Gasteiger partial charge in [-0.3, -0.25) is 10.0 Å². The second-order valence-electron chi connectivity index (χ2n) is 6.30. The summed E-state index contributed by atoms with van der Waals surface area (Å²) in [5.74, 6) is 0.724. The molecule has 2 aromatic rings. The Bertz CT molecular complexity index is 869. The number of nitrogens with one attached hydrogen (secondary N) is 1. The fourth-order valence-corrected chi connectivity index (χ4v) is 3.96. The molecule has 1 amide bonds. The average Bonchev–Trinajstić information content (AvgIpc) is 2.72. The molecule has 2 rings (SSSR count). The molecule has 9 heteroatoms. The van der Waals surface area contributed by atoms with Crippen molar-refractivity contribution < 1.29 is 27.9 Å². The lowest BCUT2D eigenvalue weighted by atomic mass is 10.3. The number of benzene rings is 2. The highest BCUT2D eigenvalue weighted by atomic mass is 35.5. The van der Waals surface area contributed by atoms with E-state index in [0.29, 0.717) is 49.0 Å². The third kappa shape index (κ3) is 8.41. The minimum absolute atomic E-state index is 0.0284. The topological polar surface area (TPSA) is 102 Å². The second-order valence-corrected chi connectivity index (χ2v) is 8.85. The fraction of sp³-hybridized carbons (Fsp3) is 0.350. The van der Waals surface area contributed by atoms with E-state index in [1.807, 2.05) is 0 Å². The highest BCUT2D eigenvalue weighted by Crippen LogP contribution is 2.24. The van der Waals surface area contributed by atoms with Gasteiger partial charge >= 0.3 is 0 Å². The molecule has 158 valence electrons. The van der Waals surface area contributed by atoms with Crippen molar-refractivity contribution >= 4 is 27.3 Å². The van der Waals surface area contributed by atoms with E-state index in [1.165, 1.54) is 12.1 Å². The molecular weight excluding hydrogens is 418 g/mol. The molecule has 0 aliphatic rings. The Hall–Kier alpha value is -2.13. The molecule has 0 fully saturated rings. The first-order valence-electron chi connectivity index (χ1n) is 9.17. The van der Waals surface area contributed by atoms with Crippen molar-refractivity contribution in [1.82, 2.24) is 5.48 Å². The summed E-state index contributed by atoms with van der Waals surface area (Å²) in [4.78, 5) is 11.1. The maximum Gasteiger partial charge on any atom is 0.243 e. The quantitative estimate of drug-likeness (QED) is 0.293. The van der Waals surface area contributed by atoms with Crippen LogP contribution in [0.25, 0.3) is 0 Å². The van der Waals surface area contributed by atoms with Crippen molar-refractivity contribution in [2.24, 2.45) is 0 Å². The predicted octanol–water partition coefficient (Wildman–Crippen LogP) is 3.99. The van der Waals surface area contributed by atoms with E-state index in [-0.39, 0.29) is 17.1 Å². The summed E-state index contributed by atoms with van der Waals surface area (Å²) in [5.41, 5.74) is 1.55. The van der Waals surface area contributed by atoms with Gasteiger partial charge in [-0.15, -0.1) is 0 Å². The van der Waals surface area contributed by atoms with Crippen LogP contribution in [0.4, 0.5) is 0 Å². The molecule has 2 N–H and O–H groups in total. The van der Waals surface area contributed by atoms with Crippen LogP contribution in [0.5, 0.6) is 11.5 Å². The largest absolute Gasteiger partial charge is 0.457 e. The van der Waals surface area contributed by atoms with Gasteiger partial charge in [-0.2, -0.15) is 0 Å². The molecule has 2 aromatic carbocycles. The minimum atomic E-state index is -3.38. The number of hydrogen-bond donors (Lipinski definition) is 2. The van der Waals surface area contributed by atoms with E-state index in [2.05, 4.69) is 0 Å². The zero-order valence-corrected chi connectivity index (χ0v) is 17.4. The summed E-state index contributed by atoms with van der Waals surface area (Å²) in [7, 11) is -3.38. The van der Waals surface area contributed by atoms with Gasteiger partial charge < -0.3 is 9.47 Å². The monoisotopic (exact) mass is 441 g/mol. The Kier molecular flexibility index (Phi) is 9.40. The van der Waals surface area contributed by atoms with Crippen molar-refractivity contribution in [2.45, 2.75) is 30.6 Å². The van der Waals surface area contributed by atoms with Gasteiger partial charge in [-0.25, -0.2) is 13.9 Å². The first kappa shape index (κ1) is 23.2. The summed E-state index contributed by atoms with van der Waals surface area (Å²) in [5, 5.41) is 8.97. The molecule has 0 spiro atoms. The molecule has 0 atom stereocenters. The standard InChI is InChI=1S/C20H24ClNO6S/c21-16-5-7-17(8-6-16)28-18-9-11-19(12-10-18)29(25,26)15-2-1-13-27-14-3-4-20(23)22-24/h5-12,24H,1-4,13-15H2,(H,22,23). The molecule has 29 heavy (non-hydrogen) atoms. The minimum Gasteiger partial charge on any atom is -0.457 e. The van der Waals surface area contributed by atoms with E-state index in [0.717, 1.165) is 0 Å². The third-order valence-corrected chi connectivity index (χ3v) is 6.07. The van der Waals surface area contributed by atoms with Crippen molar-refractivity contribution in [3.05, 3.63) is 53.6 Å². The van der Waals surface area contributed by atoms with Crippen LogP contribution < -0.4 is 10.2 Å². The molecule has 7 nitrogen and oxygen atoms in total. The third-order valence-electron chi connectivity index (χ3n) is 4.00. The lowest BCUT2D eigenvalue weighted by molar-refractivity contribution is -0.129. The molecule has 0 aromatic heterocycles. The van der Waals surface area contributed by atoms with E-state index in [9.17, 15) is 13.2 Å². The Morgan fingerprint density at radius 2 is 1.52 bits per heavy atom. The Morgan fingerprint density at radius 1 is 0.931 bits per heavy atom. The summed E-state index contributed by atoms with van der Waals surface area (Å²) < 4.78 is 35.8. The van der Waals surface area contributed by atoms with Crippen LogP contribution >= 0.6 is 11.6 Å². The zero-order chi connectivity index (χ0) is 21.1. The van der Waals surface area contributed by atoms with Crippen LogP contribution in [0.15, 0.2) is 53.4 Å². The SMILES string of the molecule is O=C(CCCOCCCCS(=O)(=O)c1ccc(Oc2ccc(Cl)cc2)cc1)NO. The fourth-order valence-electron chi connectivity index (χ4n) is 2.46. The number of hydroxylamine groups is 1. The normalized spacial score (nSPS) is 11.2. The van der Waals surface area contributed by atoms with Gasteiger partial charge in [0.25, 0.3) is 0 Å². The number of ether oxygens (including phenoxy) is 2. The summed E-state index contributed by atoms with van der Waals surface area (Å²) in [6, 6.07) is 13.2. The van der Waals surface area contributed by atoms with Gasteiger partial charge in [0.05, 0.1) is 10.6 Å². The van der Waals surface area contributed by atoms with Crippen LogP contribution in [-0.4, -0.2) is 38.5 Å². The number of carbonyl (C=O) groups excluding carboxylic acids is 1. The molecular formula is C20H24ClNO6S. The number of rotatable bonds is 12. The van der Waals surface area contributed by atoms with Crippen molar-refractivity contribution in [1.29, 1.82) is 0 Å². The Labute approximate surface area is 175 Å². The van der Waals surface area contributed by atoms with Crippen molar-refractivity contribution in [2.75, 3.05) is 19.0 Å². The number of halogens is 1. The molecule has 0 unspecified atom stereocenters. The van der Waals surface area contributed by atoms with Crippen LogP contribution in [0, 0.1) is 0 Å². The molecule has 0 saturated carbocycles. The summed E-state index contributed by atoms with van der Waals surface area (Å²) in [6.07, 6.45) is 1.75. The van der Waals surface area contributed by atoms with Crippen LogP contribution in [0.3, 0.4) is 0 Å². The number of amides is 1. The van der Waals surface area contributed by atoms with Gasteiger partial charge in [-0.05, 0) is 67.8 Å². The molecule has 0 saturated heterocycles. The maximum absolute atomic E-state index is 12.4. The van der Waals surface area contributed by atoms with Crippen molar-refractivity contribution in [3.8, 4) is 11.5 Å². The predicted molar refractivity (Wildman–Crippen MR) is 109 cm³/mol. The lowest BCUT2D eigenvalue weighted by Crippen LogP contribution is -2.18. The van der Waals surface area contributed by atoms with Gasteiger partial charge in [0.1, 0.15) is 11.5 Å². The molecule has 0 bridgehead atoms. The maximum atomic E-state index is 12.4. The molecule has 0 aliphatic heterocycles. The molecule has 0 aliphatic carbocycles. The van der Waals surface area contributed by atoms with Crippen LogP contribution in [0.1, 0.15) is 25.7 Å². The molecule has 0 heterocycles. The lowest BCUT2D eigenvalue weighted by Gasteiger charge is -2.08. The summed E-state index contributed by atoms with van der Waals surface area (Å²) in [6.45, 7) is 0.805. The van der Waals surface area contributed by atoms with E-state index in [4.69, 9.17) is 26.3 Å². The van der Waals surface area contributed by atoms with Crippen LogP contribution in [0.2, 0.25) is 5.02 Å². The smallest absolute Gasteiger partial charge is 0.243 e. The molecule has 0 radical (unpaired) electrons. The van der Waals surface area contributed by atoms with E-state index in [1.54, 1.807) is 41.9 Å².